The Labute approximate surface area is 148 Å². The van der Waals surface area contributed by atoms with Gasteiger partial charge in [-0.3, -0.25) is 4.79 Å². The number of hydrogen-bond donors (Lipinski definition) is 1. The standard InChI is InChI=1S/C19H24N4O2/c1-25-16-7-5-15(6-8-16)9-10-20-18-13-17(21-14-22-18)19(24)23-11-3-2-4-12-23/h5-8,13-14H,2-4,9-12H2,1H3,(H,20,21,22). The normalized spacial score (nSPS) is 14.2. The van der Waals surface area contributed by atoms with Gasteiger partial charge in [-0.25, -0.2) is 9.97 Å². The molecule has 0 radical (unpaired) electrons. The van der Waals surface area contributed by atoms with Gasteiger partial charge < -0.3 is 15.0 Å². The van der Waals surface area contributed by atoms with E-state index in [1.807, 2.05) is 29.2 Å². The molecule has 1 N–H and O–H groups in total. The van der Waals surface area contributed by atoms with E-state index in [0.29, 0.717) is 11.5 Å². The van der Waals surface area contributed by atoms with E-state index in [1.165, 1.54) is 18.3 Å². The molecule has 6 nitrogen and oxygen atoms in total. The lowest BCUT2D eigenvalue weighted by molar-refractivity contribution is 0.0718. The van der Waals surface area contributed by atoms with E-state index in [4.69, 9.17) is 4.74 Å². The molecule has 2 heterocycles. The molecule has 1 saturated heterocycles. The quantitative estimate of drug-likeness (QED) is 0.876. The van der Waals surface area contributed by atoms with Gasteiger partial charge in [0.15, 0.2) is 0 Å². The number of likely N-dealkylation sites (tertiary alicyclic amines) is 1. The number of methoxy groups -OCH3 is 1. The second-order valence-corrected chi connectivity index (χ2v) is 6.17. The SMILES string of the molecule is COc1ccc(CCNc2cc(C(=O)N3CCCCC3)ncn2)cc1. The molecule has 0 unspecified atom stereocenters. The van der Waals surface area contributed by atoms with Gasteiger partial charge in [-0.1, -0.05) is 12.1 Å². The van der Waals surface area contributed by atoms with Crippen LogP contribution in [0.25, 0.3) is 0 Å². The van der Waals surface area contributed by atoms with E-state index < -0.39 is 0 Å². The molecule has 1 aromatic heterocycles. The molecule has 1 aromatic carbocycles. The molecule has 1 amide bonds. The van der Waals surface area contributed by atoms with Crippen LogP contribution in [0.5, 0.6) is 5.75 Å². The van der Waals surface area contributed by atoms with Crippen molar-refractivity contribution in [3.63, 3.8) is 0 Å². The van der Waals surface area contributed by atoms with Crippen LogP contribution >= 0.6 is 0 Å². The summed E-state index contributed by atoms with van der Waals surface area (Å²) in [5.41, 5.74) is 1.68. The third-order valence-corrected chi connectivity index (χ3v) is 4.41. The first kappa shape index (κ1) is 17.2. The molecule has 0 saturated carbocycles. The van der Waals surface area contributed by atoms with Crippen LogP contribution in [0.15, 0.2) is 36.7 Å². The number of aromatic nitrogens is 2. The van der Waals surface area contributed by atoms with Crippen molar-refractivity contribution in [3.05, 3.63) is 47.9 Å². The molecular formula is C19H24N4O2. The number of nitrogens with one attached hydrogen (secondary N) is 1. The van der Waals surface area contributed by atoms with E-state index >= 15 is 0 Å². The molecule has 25 heavy (non-hydrogen) atoms. The third kappa shape index (κ3) is 4.68. The van der Waals surface area contributed by atoms with Gasteiger partial charge in [0, 0.05) is 25.7 Å². The van der Waals surface area contributed by atoms with Gasteiger partial charge in [0.1, 0.15) is 23.6 Å². The lowest BCUT2D eigenvalue weighted by Gasteiger charge is -2.26. The Balaban J connectivity index is 1.54. The molecule has 1 aliphatic rings. The highest BCUT2D eigenvalue weighted by atomic mass is 16.5. The van der Waals surface area contributed by atoms with Crippen molar-refractivity contribution in [2.24, 2.45) is 0 Å². The maximum Gasteiger partial charge on any atom is 0.272 e. The fourth-order valence-electron chi connectivity index (χ4n) is 2.96. The van der Waals surface area contributed by atoms with Crippen LogP contribution in [0, 0.1) is 0 Å². The Bertz CT molecular complexity index is 697. The zero-order valence-electron chi connectivity index (χ0n) is 14.6. The molecule has 0 spiro atoms. The van der Waals surface area contributed by atoms with Gasteiger partial charge in [0.25, 0.3) is 5.91 Å². The first-order valence-electron chi connectivity index (χ1n) is 8.74. The lowest BCUT2D eigenvalue weighted by Crippen LogP contribution is -2.36. The van der Waals surface area contributed by atoms with Crippen LogP contribution in [0.4, 0.5) is 5.82 Å². The molecule has 1 fully saturated rings. The van der Waals surface area contributed by atoms with E-state index in [2.05, 4.69) is 15.3 Å². The first-order valence-corrected chi connectivity index (χ1v) is 8.74. The van der Waals surface area contributed by atoms with Gasteiger partial charge in [0.05, 0.1) is 7.11 Å². The summed E-state index contributed by atoms with van der Waals surface area (Å²) in [4.78, 5) is 22.7. The summed E-state index contributed by atoms with van der Waals surface area (Å²) in [7, 11) is 1.66. The average Bonchev–Trinajstić information content (AvgIpc) is 2.69. The van der Waals surface area contributed by atoms with Crippen molar-refractivity contribution in [3.8, 4) is 5.75 Å². The minimum Gasteiger partial charge on any atom is -0.497 e. The van der Waals surface area contributed by atoms with E-state index in [1.54, 1.807) is 13.2 Å². The van der Waals surface area contributed by atoms with Crippen LogP contribution in [-0.4, -0.2) is 47.5 Å². The smallest absolute Gasteiger partial charge is 0.272 e. The van der Waals surface area contributed by atoms with E-state index in [9.17, 15) is 4.79 Å². The van der Waals surface area contributed by atoms with Crippen molar-refractivity contribution < 1.29 is 9.53 Å². The molecule has 6 heteroatoms. The van der Waals surface area contributed by atoms with Crippen molar-refractivity contribution in [2.45, 2.75) is 25.7 Å². The predicted octanol–water partition coefficient (Wildman–Crippen LogP) is 2.77. The number of carbonyl (C=O) groups is 1. The molecule has 2 aromatic rings. The number of hydrogen-bond acceptors (Lipinski definition) is 5. The number of piperidine rings is 1. The van der Waals surface area contributed by atoms with Gasteiger partial charge in [-0.05, 0) is 43.4 Å². The topological polar surface area (TPSA) is 67.3 Å². The number of ether oxygens (including phenoxy) is 1. The van der Waals surface area contributed by atoms with Crippen LogP contribution in [0.3, 0.4) is 0 Å². The van der Waals surface area contributed by atoms with Gasteiger partial charge >= 0.3 is 0 Å². The highest BCUT2D eigenvalue weighted by molar-refractivity contribution is 5.92. The molecule has 1 aliphatic heterocycles. The number of carbonyl (C=O) groups excluding carboxylic acids is 1. The van der Waals surface area contributed by atoms with Crippen LogP contribution in [-0.2, 0) is 6.42 Å². The van der Waals surface area contributed by atoms with Crippen molar-refractivity contribution in [1.29, 1.82) is 0 Å². The zero-order valence-corrected chi connectivity index (χ0v) is 14.6. The maximum atomic E-state index is 12.5. The molecule has 3 rings (SSSR count). The summed E-state index contributed by atoms with van der Waals surface area (Å²) >= 11 is 0. The fourth-order valence-corrected chi connectivity index (χ4v) is 2.96. The van der Waals surface area contributed by atoms with Crippen LogP contribution in [0.2, 0.25) is 0 Å². The van der Waals surface area contributed by atoms with E-state index in [-0.39, 0.29) is 5.91 Å². The monoisotopic (exact) mass is 340 g/mol. The summed E-state index contributed by atoms with van der Waals surface area (Å²) in [6.07, 6.45) is 5.66. The summed E-state index contributed by atoms with van der Waals surface area (Å²) in [6.45, 7) is 2.38. The summed E-state index contributed by atoms with van der Waals surface area (Å²) < 4.78 is 5.16. The summed E-state index contributed by atoms with van der Waals surface area (Å²) in [5, 5.41) is 3.27. The molecule has 0 bridgehead atoms. The van der Waals surface area contributed by atoms with E-state index in [0.717, 1.165) is 44.6 Å². The predicted molar refractivity (Wildman–Crippen MR) is 97.0 cm³/mol. The van der Waals surface area contributed by atoms with Crippen LogP contribution < -0.4 is 10.1 Å². The van der Waals surface area contributed by atoms with Crippen LogP contribution in [0.1, 0.15) is 35.3 Å². The number of benzene rings is 1. The Hall–Kier alpha value is -2.63. The van der Waals surface area contributed by atoms with Crippen molar-refractivity contribution >= 4 is 11.7 Å². The summed E-state index contributed by atoms with van der Waals surface area (Å²) in [5.74, 6) is 1.54. The number of rotatable bonds is 6. The fraction of sp³-hybridized carbons (Fsp3) is 0.421. The Morgan fingerprint density at radius 2 is 1.92 bits per heavy atom. The highest BCUT2D eigenvalue weighted by Gasteiger charge is 2.19. The maximum absolute atomic E-state index is 12.5. The molecule has 0 atom stereocenters. The number of nitrogens with zero attached hydrogens (tertiary/aromatic N) is 3. The lowest BCUT2D eigenvalue weighted by atomic mass is 10.1. The number of anilines is 1. The molecule has 0 aliphatic carbocycles. The van der Waals surface area contributed by atoms with Gasteiger partial charge in [-0.2, -0.15) is 0 Å². The Kier molecular flexibility index (Phi) is 5.82. The number of amides is 1. The first-order chi connectivity index (χ1) is 12.3. The molecular weight excluding hydrogens is 316 g/mol. The minimum absolute atomic E-state index is 0.000282. The second-order valence-electron chi connectivity index (χ2n) is 6.17. The molecule has 132 valence electrons. The highest BCUT2D eigenvalue weighted by Crippen LogP contribution is 2.14. The Morgan fingerprint density at radius 1 is 1.16 bits per heavy atom. The van der Waals surface area contributed by atoms with Crippen molar-refractivity contribution in [1.82, 2.24) is 14.9 Å². The largest absolute Gasteiger partial charge is 0.497 e. The Morgan fingerprint density at radius 3 is 2.64 bits per heavy atom. The summed E-state index contributed by atoms with van der Waals surface area (Å²) in [6, 6.07) is 9.74. The average molecular weight is 340 g/mol. The minimum atomic E-state index is 0.000282. The second kappa shape index (κ2) is 8.46. The van der Waals surface area contributed by atoms with Crippen molar-refractivity contribution in [2.75, 3.05) is 32.1 Å². The van der Waals surface area contributed by atoms with Gasteiger partial charge in [0.2, 0.25) is 0 Å². The zero-order chi connectivity index (χ0) is 17.5. The third-order valence-electron chi connectivity index (χ3n) is 4.41. The van der Waals surface area contributed by atoms with Gasteiger partial charge in [-0.15, -0.1) is 0 Å².